The summed E-state index contributed by atoms with van der Waals surface area (Å²) in [6.45, 7) is 12.6. The Morgan fingerprint density at radius 3 is 1.85 bits per heavy atom. The molecule has 6 amide bonds. The van der Waals surface area contributed by atoms with E-state index in [1.807, 2.05) is 64.5 Å². The molecule has 2 aromatic carbocycles. The quantitative estimate of drug-likeness (QED) is 0.160. The second-order valence-corrected chi connectivity index (χ2v) is 19.1. The Morgan fingerprint density at radius 1 is 0.778 bits per heavy atom. The van der Waals surface area contributed by atoms with Crippen LogP contribution in [0.25, 0.3) is 0 Å². The highest BCUT2D eigenvalue weighted by atomic mass is 35.5. The van der Waals surface area contributed by atoms with Gasteiger partial charge in [-0.25, -0.2) is 35.9 Å². The summed E-state index contributed by atoms with van der Waals surface area (Å²) in [5, 5.41) is 5.79. The number of anilines is 2. The molecule has 0 aliphatic carbocycles. The van der Waals surface area contributed by atoms with Gasteiger partial charge in [0, 0.05) is 36.5 Å². The van der Waals surface area contributed by atoms with Gasteiger partial charge < -0.3 is 20.9 Å². The van der Waals surface area contributed by atoms with E-state index in [1.54, 1.807) is 12.1 Å². The van der Waals surface area contributed by atoms with Crippen LogP contribution in [0.15, 0.2) is 30.3 Å². The summed E-state index contributed by atoms with van der Waals surface area (Å²) in [7, 11) is -7.07. The van der Waals surface area contributed by atoms with Crippen LogP contribution in [0.5, 0.6) is 0 Å². The van der Waals surface area contributed by atoms with Crippen LogP contribution in [0, 0.1) is 0 Å². The summed E-state index contributed by atoms with van der Waals surface area (Å²) in [5.74, 6) is -1.64. The molecule has 54 heavy (non-hydrogen) atoms. The number of urea groups is 2. The van der Waals surface area contributed by atoms with Gasteiger partial charge in [0.25, 0.3) is 0 Å². The van der Waals surface area contributed by atoms with E-state index in [0.717, 1.165) is 11.1 Å². The normalized spacial score (nSPS) is 19.3. The van der Waals surface area contributed by atoms with Crippen molar-refractivity contribution in [2.24, 2.45) is 0 Å². The SMILES string of the molecule is CC(C)c1cc(Cl)cc(C(C)CCC(C)c2cccc(C(C)C)c2NC(=O)NS(=O)(=O)C2CCCN(C)C2=O)c1NC(=O)NS(=O)(=O)C1CCCNC1=O. The number of halogens is 1. The second-order valence-electron chi connectivity index (χ2n) is 15.0. The van der Waals surface area contributed by atoms with Crippen LogP contribution in [0.2, 0.25) is 5.02 Å². The molecular formula is C37H53ClN6O8S2. The van der Waals surface area contributed by atoms with Crippen LogP contribution in [0.1, 0.15) is 126 Å². The Labute approximate surface area is 324 Å². The Kier molecular flexibility index (Phi) is 14.1. The standard InChI is InChI=1S/C37H53ClN6O8S2/c1-21(2)26-11-8-12-27(32(26)40-36(47)43-54(51,52)31-14-10-18-44(7)35(31)46)23(5)15-16-24(6)29-20-25(38)19-28(22(3)4)33(29)41-37(48)42-53(49,50)30-13-9-17-39-34(30)45/h8,11-12,19-24,30-31H,9-10,13-18H2,1-7H3,(H,39,45)(H2,40,43,47)(H2,41,42,48). The summed E-state index contributed by atoms with van der Waals surface area (Å²) in [6, 6.07) is 7.17. The Balaban J connectivity index is 1.55. The van der Waals surface area contributed by atoms with Gasteiger partial charge in [0.2, 0.25) is 31.9 Å². The van der Waals surface area contributed by atoms with Crippen molar-refractivity contribution in [3.63, 3.8) is 0 Å². The van der Waals surface area contributed by atoms with Crippen molar-refractivity contribution in [2.75, 3.05) is 30.8 Å². The smallest absolute Gasteiger partial charge is 0.332 e. The highest BCUT2D eigenvalue weighted by molar-refractivity contribution is 7.91. The number of sulfonamides is 2. The fraction of sp³-hybridized carbons (Fsp3) is 0.568. The van der Waals surface area contributed by atoms with Crippen LogP contribution in [0.4, 0.5) is 21.0 Å². The summed E-state index contributed by atoms with van der Waals surface area (Å²) < 4.78 is 56.3. The predicted molar refractivity (Wildman–Crippen MR) is 211 cm³/mol. The zero-order valence-corrected chi connectivity index (χ0v) is 34.3. The maximum Gasteiger partial charge on any atom is 0.332 e. The van der Waals surface area contributed by atoms with Gasteiger partial charge in [-0.05, 0) is 96.6 Å². The summed E-state index contributed by atoms with van der Waals surface area (Å²) >= 11 is 6.58. The molecule has 2 heterocycles. The van der Waals surface area contributed by atoms with Crippen molar-refractivity contribution in [2.45, 2.75) is 114 Å². The van der Waals surface area contributed by atoms with E-state index in [4.69, 9.17) is 11.6 Å². The number of para-hydroxylation sites is 1. The average molecular weight is 809 g/mol. The molecule has 2 aliphatic heterocycles. The van der Waals surface area contributed by atoms with Gasteiger partial charge >= 0.3 is 12.1 Å². The predicted octanol–water partition coefficient (Wildman–Crippen LogP) is 6.08. The van der Waals surface area contributed by atoms with Gasteiger partial charge in [0.15, 0.2) is 10.5 Å². The number of carbonyl (C=O) groups excluding carboxylic acids is 4. The Bertz CT molecular complexity index is 1970. The minimum absolute atomic E-state index is 0.0199. The number of benzene rings is 2. The van der Waals surface area contributed by atoms with Crippen molar-refractivity contribution < 1.29 is 36.0 Å². The van der Waals surface area contributed by atoms with Crippen molar-refractivity contribution in [3.8, 4) is 0 Å². The molecule has 0 bridgehead atoms. The molecule has 0 aromatic heterocycles. The van der Waals surface area contributed by atoms with Crippen LogP contribution in [-0.2, 0) is 29.6 Å². The molecule has 0 saturated carbocycles. The lowest BCUT2D eigenvalue weighted by Crippen LogP contribution is -2.51. The molecular weight excluding hydrogens is 756 g/mol. The second kappa shape index (κ2) is 17.7. The third kappa shape index (κ3) is 10.2. The van der Waals surface area contributed by atoms with Crippen molar-refractivity contribution in [3.05, 3.63) is 57.6 Å². The molecule has 2 aromatic rings. The van der Waals surface area contributed by atoms with Crippen molar-refractivity contribution in [1.82, 2.24) is 19.7 Å². The number of amides is 6. The van der Waals surface area contributed by atoms with Crippen molar-refractivity contribution in [1.29, 1.82) is 0 Å². The number of piperidine rings is 2. The number of likely N-dealkylation sites (tertiary alicyclic amines) is 1. The van der Waals surface area contributed by atoms with E-state index in [2.05, 4.69) is 20.7 Å². The number of hydrogen-bond donors (Lipinski definition) is 5. The summed E-state index contributed by atoms with van der Waals surface area (Å²) in [6.07, 6.45) is 2.39. The first-order valence-corrected chi connectivity index (χ1v) is 21.8. The summed E-state index contributed by atoms with van der Waals surface area (Å²) in [4.78, 5) is 52.7. The maximum atomic E-state index is 13.3. The Hall–Kier alpha value is -3.89. The van der Waals surface area contributed by atoms with E-state index in [0.29, 0.717) is 66.3 Å². The lowest BCUT2D eigenvalue weighted by atomic mass is 9.85. The highest BCUT2D eigenvalue weighted by Gasteiger charge is 2.39. The minimum Gasteiger partial charge on any atom is -0.355 e. The number of carbonyl (C=O) groups is 4. The third-order valence-electron chi connectivity index (χ3n) is 10.2. The van der Waals surface area contributed by atoms with E-state index < -0.39 is 54.4 Å². The molecule has 0 radical (unpaired) electrons. The number of rotatable bonds is 13. The molecule has 2 aliphatic rings. The van der Waals surface area contributed by atoms with Gasteiger partial charge in [-0.2, -0.15) is 0 Å². The lowest BCUT2D eigenvalue weighted by molar-refractivity contribution is -0.131. The molecule has 2 saturated heterocycles. The first-order chi connectivity index (χ1) is 25.2. The van der Waals surface area contributed by atoms with Crippen LogP contribution < -0.4 is 25.4 Å². The van der Waals surface area contributed by atoms with Crippen LogP contribution in [-0.4, -0.2) is 76.2 Å². The zero-order valence-electron chi connectivity index (χ0n) is 31.9. The molecule has 4 atom stereocenters. The van der Waals surface area contributed by atoms with Crippen LogP contribution in [0.3, 0.4) is 0 Å². The monoisotopic (exact) mass is 808 g/mol. The van der Waals surface area contributed by atoms with Crippen molar-refractivity contribution >= 4 is 66.9 Å². The molecule has 0 spiro atoms. The van der Waals surface area contributed by atoms with E-state index in [1.165, 1.54) is 11.9 Å². The minimum atomic E-state index is -4.31. The zero-order chi connectivity index (χ0) is 40.1. The van der Waals surface area contributed by atoms with Gasteiger partial charge in [-0.1, -0.05) is 71.3 Å². The first kappa shape index (κ1) is 42.8. The third-order valence-corrected chi connectivity index (χ3v) is 13.7. The molecule has 4 unspecified atom stereocenters. The highest BCUT2D eigenvalue weighted by Crippen LogP contribution is 2.40. The Morgan fingerprint density at radius 2 is 1.28 bits per heavy atom. The number of hydrogen-bond acceptors (Lipinski definition) is 8. The average Bonchev–Trinajstić information content (AvgIpc) is 3.08. The molecule has 298 valence electrons. The molecule has 2 fully saturated rings. The summed E-state index contributed by atoms with van der Waals surface area (Å²) in [5.41, 5.74) is 3.92. The molecule has 4 rings (SSSR count). The fourth-order valence-corrected chi connectivity index (χ4v) is 9.98. The fourth-order valence-electron chi connectivity index (χ4n) is 7.07. The number of nitrogens with zero attached hydrogens (tertiary/aromatic N) is 1. The van der Waals surface area contributed by atoms with Gasteiger partial charge in [-0.15, -0.1) is 0 Å². The maximum absolute atomic E-state index is 13.3. The topological polar surface area (TPSA) is 200 Å². The lowest BCUT2D eigenvalue weighted by Gasteiger charge is -2.29. The van der Waals surface area contributed by atoms with Gasteiger partial charge in [0.1, 0.15) is 0 Å². The van der Waals surface area contributed by atoms with E-state index >= 15 is 0 Å². The molecule has 5 N–H and O–H groups in total. The molecule has 14 nitrogen and oxygen atoms in total. The first-order valence-electron chi connectivity index (χ1n) is 18.4. The molecule has 17 heteroatoms. The van der Waals surface area contributed by atoms with E-state index in [-0.39, 0.29) is 36.5 Å². The largest absolute Gasteiger partial charge is 0.355 e. The number of nitrogens with one attached hydrogen (secondary N) is 5. The van der Waals surface area contributed by atoms with Gasteiger partial charge in [-0.3, -0.25) is 9.59 Å². The van der Waals surface area contributed by atoms with Crippen LogP contribution >= 0.6 is 11.6 Å². The van der Waals surface area contributed by atoms with E-state index in [9.17, 15) is 36.0 Å². The van der Waals surface area contributed by atoms with Gasteiger partial charge in [0.05, 0.1) is 0 Å².